The van der Waals surface area contributed by atoms with E-state index in [-0.39, 0.29) is 16.9 Å². The molecule has 0 spiro atoms. The summed E-state index contributed by atoms with van der Waals surface area (Å²) in [5, 5.41) is 10.4. The number of ether oxygens (including phenoxy) is 1. The molecule has 1 aromatic heterocycles. The number of carbonyl (C=O) groups is 2. The summed E-state index contributed by atoms with van der Waals surface area (Å²) in [6, 6.07) is 15.7. The third-order valence-corrected chi connectivity index (χ3v) is 5.33. The van der Waals surface area contributed by atoms with Crippen molar-refractivity contribution >= 4 is 67.8 Å². The first kappa shape index (κ1) is 21.0. The molecule has 0 saturated heterocycles. The Morgan fingerprint density at radius 2 is 1.86 bits per heavy atom. The largest absolute Gasteiger partial charge is 0.494 e. The zero-order valence-corrected chi connectivity index (χ0v) is 18.4. The van der Waals surface area contributed by atoms with Gasteiger partial charge in [-0.05, 0) is 54.0 Å². The molecule has 0 aliphatic heterocycles. The second-order valence-corrected chi connectivity index (χ2v) is 8.04. The van der Waals surface area contributed by atoms with Crippen LogP contribution in [0.4, 0.5) is 11.4 Å². The molecule has 3 rings (SSSR count). The van der Waals surface area contributed by atoms with Gasteiger partial charge in [0.2, 0.25) is 0 Å². The first-order valence-corrected chi connectivity index (χ1v) is 10.4. The van der Waals surface area contributed by atoms with Crippen molar-refractivity contribution in [3.8, 4) is 5.75 Å². The summed E-state index contributed by atoms with van der Waals surface area (Å²) >= 11 is 9.90. The Morgan fingerprint density at radius 1 is 1.03 bits per heavy atom. The van der Waals surface area contributed by atoms with Gasteiger partial charge in [-0.1, -0.05) is 28.1 Å². The van der Waals surface area contributed by atoms with Crippen LogP contribution in [0.15, 0.2) is 64.5 Å². The van der Waals surface area contributed by atoms with Crippen LogP contribution in [0.25, 0.3) is 0 Å². The van der Waals surface area contributed by atoms with E-state index in [9.17, 15) is 9.59 Å². The fraction of sp³-hybridized carbons (Fsp3) is 0.0500. The molecule has 0 aliphatic carbocycles. The SMILES string of the molecule is COc1cc(NC(=S)NC(=O)c2cccc(Br)c2)ccc1NC(=O)c1cccs1. The molecule has 0 unspecified atom stereocenters. The van der Waals surface area contributed by atoms with E-state index >= 15 is 0 Å². The summed E-state index contributed by atoms with van der Waals surface area (Å²) in [6.07, 6.45) is 0. The number of hydrogen-bond acceptors (Lipinski definition) is 5. The van der Waals surface area contributed by atoms with Crippen LogP contribution in [-0.2, 0) is 0 Å². The number of carbonyl (C=O) groups excluding carboxylic acids is 2. The summed E-state index contributed by atoms with van der Waals surface area (Å²) in [7, 11) is 1.51. The van der Waals surface area contributed by atoms with E-state index < -0.39 is 0 Å². The molecule has 0 saturated carbocycles. The number of amides is 2. The maximum atomic E-state index is 12.3. The van der Waals surface area contributed by atoms with E-state index in [4.69, 9.17) is 17.0 Å². The van der Waals surface area contributed by atoms with E-state index in [1.165, 1.54) is 18.4 Å². The summed E-state index contributed by atoms with van der Waals surface area (Å²) in [5.74, 6) is -0.0764. The Hall–Kier alpha value is -2.75. The van der Waals surface area contributed by atoms with Crippen LogP contribution < -0.4 is 20.7 Å². The molecule has 2 aromatic carbocycles. The van der Waals surface area contributed by atoms with Crippen molar-refractivity contribution in [3.63, 3.8) is 0 Å². The van der Waals surface area contributed by atoms with Crippen LogP contribution >= 0.6 is 39.5 Å². The van der Waals surface area contributed by atoms with E-state index in [0.29, 0.717) is 27.6 Å². The Kier molecular flexibility index (Phi) is 6.97. The Labute approximate surface area is 185 Å². The molecule has 6 nitrogen and oxygen atoms in total. The third-order valence-electron chi connectivity index (χ3n) is 3.77. The lowest BCUT2D eigenvalue weighted by Gasteiger charge is -2.14. The van der Waals surface area contributed by atoms with Crippen molar-refractivity contribution in [2.24, 2.45) is 0 Å². The number of benzene rings is 2. The lowest BCUT2D eigenvalue weighted by molar-refractivity contribution is 0.0976. The molecule has 9 heteroatoms. The molecule has 3 N–H and O–H groups in total. The quantitative estimate of drug-likeness (QED) is 0.444. The number of thiocarbonyl (C=S) groups is 1. The van der Waals surface area contributed by atoms with Gasteiger partial charge in [-0.15, -0.1) is 11.3 Å². The van der Waals surface area contributed by atoms with E-state index in [0.717, 1.165) is 4.47 Å². The van der Waals surface area contributed by atoms with Gasteiger partial charge in [0, 0.05) is 21.8 Å². The number of rotatable bonds is 5. The van der Waals surface area contributed by atoms with Crippen molar-refractivity contribution in [1.29, 1.82) is 0 Å². The Balaban J connectivity index is 1.65. The normalized spacial score (nSPS) is 10.1. The van der Waals surface area contributed by atoms with E-state index in [2.05, 4.69) is 31.9 Å². The molecular weight excluding hydrogens is 474 g/mol. The zero-order chi connectivity index (χ0) is 20.8. The molecule has 0 bridgehead atoms. The van der Waals surface area contributed by atoms with Crippen LogP contribution in [0.3, 0.4) is 0 Å². The molecule has 0 atom stereocenters. The molecule has 29 heavy (non-hydrogen) atoms. The van der Waals surface area contributed by atoms with Gasteiger partial charge in [0.25, 0.3) is 11.8 Å². The number of thiophene rings is 1. The van der Waals surface area contributed by atoms with Crippen molar-refractivity contribution in [1.82, 2.24) is 5.32 Å². The van der Waals surface area contributed by atoms with Crippen LogP contribution in [-0.4, -0.2) is 24.0 Å². The standard InChI is InChI=1S/C20H16BrN3O3S2/c1-27-16-11-14(7-8-15(16)23-19(26)17-6-3-9-29-17)22-20(28)24-18(25)12-4-2-5-13(21)10-12/h2-11H,1H3,(H,23,26)(H2,22,24,25,28). The van der Waals surface area contributed by atoms with E-state index in [1.807, 2.05) is 17.5 Å². The monoisotopic (exact) mass is 489 g/mol. The summed E-state index contributed by atoms with van der Waals surface area (Å²) in [4.78, 5) is 25.1. The number of methoxy groups -OCH3 is 1. The van der Waals surface area contributed by atoms with Crippen LogP contribution in [0.1, 0.15) is 20.0 Å². The fourth-order valence-corrected chi connectivity index (χ4v) is 3.66. The second-order valence-electron chi connectivity index (χ2n) is 5.77. The number of halogens is 1. The smallest absolute Gasteiger partial charge is 0.265 e. The second kappa shape index (κ2) is 9.64. The average molecular weight is 490 g/mol. The fourth-order valence-electron chi connectivity index (χ4n) is 2.43. The van der Waals surface area contributed by atoms with Gasteiger partial charge in [-0.2, -0.15) is 0 Å². The average Bonchev–Trinajstić information content (AvgIpc) is 3.24. The van der Waals surface area contributed by atoms with Crippen LogP contribution in [0.5, 0.6) is 5.75 Å². The summed E-state index contributed by atoms with van der Waals surface area (Å²) in [6.45, 7) is 0. The predicted molar refractivity (Wildman–Crippen MR) is 123 cm³/mol. The van der Waals surface area contributed by atoms with Gasteiger partial charge in [0.15, 0.2) is 5.11 Å². The third kappa shape index (κ3) is 5.63. The van der Waals surface area contributed by atoms with Gasteiger partial charge in [-0.3, -0.25) is 14.9 Å². The topological polar surface area (TPSA) is 79.5 Å². The van der Waals surface area contributed by atoms with Crippen molar-refractivity contribution < 1.29 is 14.3 Å². The predicted octanol–water partition coefficient (Wildman–Crippen LogP) is 4.90. The van der Waals surface area contributed by atoms with Gasteiger partial charge in [0.05, 0.1) is 17.7 Å². The lowest BCUT2D eigenvalue weighted by atomic mass is 10.2. The number of nitrogens with one attached hydrogen (secondary N) is 3. The minimum atomic E-state index is -0.324. The maximum Gasteiger partial charge on any atom is 0.265 e. The molecule has 0 aliphatic rings. The van der Waals surface area contributed by atoms with Crippen molar-refractivity contribution in [2.75, 3.05) is 17.7 Å². The number of anilines is 2. The van der Waals surface area contributed by atoms with Gasteiger partial charge < -0.3 is 15.4 Å². The highest BCUT2D eigenvalue weighted by Crippen LogP contribution is 2.28. The van der Waals surface area contributed by atoms with Gasteiger partial charge >= 0.3 is 0 Å². The van der Waals surface area contributed by atoms with Crippen LogP contribution in [0, 0.1) is 0 Å². The van der Waals surface area contributed by atoms with Crippen molar-refractivity contribution in [2.45, 2.75) is 0 Å². The summed E-state index contributed by atoms with van der Waals surface area (Å²) in [5.41, 5.74) is 1.61. The highest BCUT2D eigenvalue weighted by atomic mass is 79.9. The molecule has 148 valence electrons. The maximum absolute atomic E-state index is 12.3. The highest BCUT2D eigenvalue weighted by Gasteiger charge is 2.13. The van der Waals surface area contributed by atoms with Crippen molar-refractivity contribution in [3.05, 3.63) is 74.9 Å². The molecule has 0 radical (unpaired) electrons. The number of hydrogen-bond donors (Lipinski definition) is 3. The zero-order valence-electron chi connectivity index (χ0n) is 15.2. The first-order chi connectivity index (χ1) is 14.0. The van der Waals surface area contributed by atoms with Gasteiger partial charge in [0.1, 0.15) is 5.75 Å². The molecular formula is C20H16BrN3O3S2. The molecule has 1 heterocycles. The lowest BCUT2D eigenvalue weighted by Crippen LogP contribution is -2.34. The summed E-state index contributed by atoms with van der Waals surface area (Å²) < 4.78 is 6.16. The first-order valence-electron chi connectivity index (χ1n) is 8.37. The Bertz CT molecular complexity index is 1050. The minimum Gasteiger partial charge on any atom is -0.494 e. The molecule has 0 fully saturated rings. The molecule has 2 amide bonds. The highest BCUT2D eigenvalue weighted by molar-refractivity contribution is 9.10. The Morgan fingerprint density at radius 3 is 2.55 bits per heavy atom. The van der Waals surface area contributed by atoms with Crippen LogP contribution in [0.2, 0.25) is 0 Å². The van der Waals surface area contributed by atoms with E-state index in [1.54, 1.807) is 42.5 Å². The molecule has 3 aromatic rings. The minimum absolute atomic E-state index is 0.146. The van der Waals surface area contributed by atoms with Gasteiger partial charge in [-0.25, -0.2) is 0 Å².